The van der Waals surface area contributed by atoms with E-state index in [1.165, 1.54) is 18.4 Å². The van der Waals surface area contributed by atoms with E-state index in [0.29, 0.717) is 44.6 Å². The Morgan fingerprint density at radius 1 is 1.25 bits per heavy atom. The molecule has 28 heavy (non-hydrogen) atoms. The first-order valence-electron chi connectivity index (χ1n) is 9.96. The lowest BCUT2D eigenvalue weighted by Crippen LogP contribution is -2.35. The van der Waals surface area contributed by atoms with Gasteiger partial charge >= 0.3 is 5.69 Å². The van der Waals surface area contributed by atoms with Gasteiger partial charge in [-0.2, -0.15) is 4.98 Å². The topological polar surface area (TPSA) is 65.4 Å². The van der Waals surface area contributed by atoms with Gasteiger partial charge in [-0.3, -0.25) is 4.57 Å². The highest BCUT2D eigenvalue weighted by Gasteiger charge is 2.20. The molecule has 0 spiro atoms. The monoisotopic (exact) mass is 377 g/mol. The molecule has 0 unspecified atom stereocenters. The van der Waals surface area contributed by atoms with E-state index in [4.69, 9.17) is 9.47 Å². The van der Waals surface area contributed by atoms with Gasteiger partial charge in [0.05, 0.1) is 31.6 Å². The van der Waals surface area contributed by atoms with Gasteiger partial charge in [0.15, 0.2) is 0 Å². The summed E-state index contributed by atoms with van der Waals surface area (Å²) >= 11 is 0. The molecular weight excluding hydrogens is 354 g/mol. The van der Waals surface area contributed by atoms with E-state index in [-0.39, 0.29) is 11.8 Å². The van der Waals surface area contributed by atoms with Crippen molar-refractivity contribution in [3.63, 3.8) is 0 Å². The Hall–Kier alpha value is -2.62. The Morgan fingerprint density at radius 3 is 3.00 bits per heavy atom. The lowest BCUT2D eigenvalue weighted by atomic mass is 9.95. The van der Waals surface area contributed by atoms with Crippen LogP contribution in [0.15, 0.2) is 29.1 Å². The van der Waals surface area contributed by atoms with Gasteiger partial charge in [-0.25, -0.2) is 4.79 Å². The van der Waals surface area contributed by atoms with E-state index in [2.05, 4.69) is 40.3 Å². The van der Waals surface area contributed by atoms with Crippen LogP contribution >= 0.6 is 0 Å². The SMILES string of the molecule is O=c1nc(NC[C@@H]2COCCO2)cc2n1CCc1cc(C#CC3CC3)ccc1-2. The normalized spacial score (nSPS) is 20.5. The van der Waals surface area contributed by atoms with Crippen LogP contribution in [0, 0.1) is 17.8 Å². The molecule has 6 heteroatoms. The third kappa shape index (κ3) is 3.68. The Morgan fingerprint density at radius 2 is 2.18 bits per heavy atom. The number of aryl methyl sites for hydroxylation is 1. The molecule has 3 heterocycles. The van der Waals surface area contributed by atoms with Crippen molar-refractivity contribution in [2.24, 2.45) is 5.92 Å². The van der Waals surface area contributed by atoms with Crippen LogP contribution in [0.4, 0.5) is 5.82 Å². The van der Waals surface area contributed by atoms with E-state index >= 15 is 0 Å². The highest BCUT2D eigenvalue weighted by Crippen LogP contribution is 2.30. The highest BCUT2D eigenvalue weighted by atomic mass is 16.6. The minimum absolute atomic E-state index is 0.0192. The molecule has 1 aliphatic carbocycles. The third-order valence-electron chi connectivity index (χ3n) is 5.39. The maximum atomic E-state index is 12.5. The number of benzene rings is 1. The van der Waals surface area contributed by atoms with Crippen LogP contribution < -0.4 is 11.0 Å². The number of nitrogens with zero attached hydrogens (tertiary/aromatic N) is 2. The van der Waals surface area contributed by atoms with Crippen LogP contribution in [0.5, 0.6) is 0 Å². The number of hydrogen-bond acceptors (Lipinski definition) is 5. The zero-order valence-electron chi connectivity index (χ0n) is 15.7. The molecule has 2 aromatic rings. The molecule has 1 aromatic carbocycles. The van der Waals surface area contributed by atoms with Crippen LogP contribution in [-0.4, -0.2) is 42.0 Å². The Kier molecular flexibility index (Phi) is 4.63. The summed E-state index contributed by atoms with van der Waals surface area (Å²) in [4.78, 5) is 16.7. The summed E-state index contributed by atoms with van der Waals surface area (Å²) in [7, 11) is 0. The van der Waals surface area contributed by atoms with Crippen molar-refractivity contribution in [1.29, 1.82) is 0 Å². The fourth-order valence-electron chi connectivity index (χ4n) is 3.68. The standard InChI is InChI=1S/C22H23N3O3/c26-22-24-21(23-13-18-14-27-9-10-28-18)12-20-19-6-5-16(4-3-15-1-2-15)11-17(19)7-8-25(20)22/h5-6,11-12,15,18H,1-2,7-10,13-14H2,(H,23,24,26)/t18-/m1/s1. The molecule has 1 saturated carbocycles. The minimum Gasteiger partial charge on any atom is -0.376 e. The molecule has 3 aliphatic rings. The first kappa shape index (κ1) is 17.5. The van der Waals surface area contributed by atoms with Crippen molar-refractivity contribution in [3.8, 4) is 23.1 Å². The van der Waals surface area contributed by atoms with Gasteiger partial charge in [0.25, 0.3) is 0 Å². The minimum atomic E-state index is -0.218. The van der Waals surface area contributed by atoms with Crippen molar-refractivity contribution in [1.82, 2.24) is 9.55 Å². The number of aromatic nitrogens is 2. The molecule has 2 fully saturated rings. The van der Waals surface area contributed by atoms with Crippen LogP contribution in [0.25, 0.3) is 11.3 Å². The molecule has 0 radical (unpaired) electrons. The zero-order chi connectivity index (χ0) is 18.9. The van der Waals surface area contributed by atoms with Crippen molar-refractivity contribution in [3.05, 3.63) is 45.9 Å². The van der Waals surface area contributed by atoms with Gasteiger partial charge in [0, 0.05) is 36.2 Å². The Labute approximate surface area is 163 Å². The molecule has 0 bridgehead atoms. The number of fused-ring (bicyclic) bond motifs is 3. The molecule has 6 nitrogen and oxygen atoms in total. The van der Waals surface area contributed by atoms with Gasteiger partial charge in [0.2, 0.25) is 0 Å². The van der Waals surface area contributed by atoms with E-state index in [0.717, 1.165) is 23.2 Å². The first-order valence-corrected chi connectivity index (χ1v) is 9.96. The summed E-state index contributed by atoms with van der Waals surface area (Å²) in [5.41, 5.74) is 4.07. The van der Waals surface area contributed by atoms with Gasteiger partial charge in [-0.05, 0) is 37.0 Å². The second-order valence-electron chi connectivity index (χ2n) is 7.57. The summed E-state index contributed by atoms with van der Waals surface area (Å²) in [6.45, 7) is 3.01. The van der Waals surface area contributed by atoms with E-state index in [9.17, 15) is 4.79 Å². The predicted octanol–water partition coefficient (Wildman–Crippen LogP) is 2.06. The van der Waals surface area contributed by atoms with Gasteiger partial charge in [0.1, 0.15) is 5.82 Å². The molecule has 1 aromatic heterocycles. The largest absolute Gasteiger partial charge is 0.376 e. The first-order chi connectivity index (χ1) is 13.8. The van der Waals surface area contributed by atoms with Crippen molar-refractivity contribution in [2.45, 2.75) is 31.9 Å². The Bertz CT molecular complexity index is 1010. The molecule has 0 amide bonds. The second kappa shape index (κ2) is 7.42. The van der Waals surface area contributed by atoms with Crippen molar-refractivity contribution < 1.29 is 9.47 Å². The summed E-state index contributed by atoms with van der Waals surface area (Å²) in [6.07, 6.45) is 3.27. The fraction of sp³-hybridized carbons (Fsp3) is 0.455. The quantitative estimate of drug-likeness (QED) is 0.830. The lowest BCUT2D eigenvalue weighted by Gasteiger charge is -2.24. The van der Waals surface area contributed by atoms with E-state index in [1.54, 1.807) is 4.57 Å². The van der Waals surface area contributed by atoms with Crippen molar-refractivity contribution in [2.75, 3.05) is 31.7 Å². The lowest BCUT2D eigenvalue weighted by molar-refractivity contribution is -0.0819. The molecule has 2 aliphatic heterocycles. The van der Waals surface area contributed by atoms with Gasteiger partial charge < -0.3 is 14.8 Å². The van der Waals surface area contributed by atoms with E-state index < -0.39 is 0 Å². The number of ether oxygens (including phenoxy) is 2. The van der Waals surface area contributed by atoms with Gasteiger partial charge in [-0.1, -0.05) is 17.9 Å². The number of anilines is 1. The summed E-state index contributed by atoms with van der Waals surface area (Å²) < 4.78 is 12.8. The smallest absolute Gasteiger partial charge is 0.349 e. The van der Waals surface area contributed by atoms with Crippen LogP contribution in [-0.2, 0) is 22.4 Å². The zero-order valence-corrected chi connectivity index (χ0v) is 15.7. The Balaban J connectivity index is 1.40. The second-order valence-corrected chi connectivity index (χ2v) is 7.57. The summed E-state index contributed by atoms with van der Waals surface area (Å²) in [6, 6.07) is 8.26. The van der Waals surface area contributed by atoms with Gasteiger partial charge in [-0.15, -0.1) is 0 Å². The predicted molar refractivity (Wildman–Crippen MR) is 106 cm³/mol. The molecule has 1 saturated heterocycles. The average Bonchev–Trinajstić information content (AvgIpc) is 3.56. The van der Waals surface area contributed by atoms with Crippen LogP contribution in [0.3, 0.4) is 0 Å². The van der Waals surface area contributed by atoms with Crippen LogP contribution in [0.1, 0.15) is 24.0 Å². The molecule has 5 rings (SSSR count). The third-order valence-corrected chi connectivity index (χ3v) is 5.39. The van der Waals surface area contributed by atoms with Crippen LogP contribution in [0.2, 0.25) is 0 Å². The summed E-state index contributed by atoms with van der Waals surface area (Å²) in [5, 5.41) is 3.24. The molecule has 144 valence electrons. The maximum absolute atomic E-state index is 12.5. The molecule has 1 atom stereocenters. The number of nitrogens with one attached hydrogen (secondary N) is 1. The maximum Gasteiger partial charge on any atom is 0.349 e. The number of hydrogen-bond donors (Lipinski definition) is 1. The van der Waals surface area contributed by atoms with E-state index in [1.807, 2.05) is 6.07 Å². The van der Waals surface area contributed by atoms with Crippen molar-refractivity contribution >= 4 is 5.82 Å². The number of rotatable bonds is 3. The highest BCUT2D eigenvalue weighted by molar-refractivity contribution is 5.69. The summed E-state index contributed by atoms with van der Waals surface area (Å²) in [5.74, 6) is 7.78. The fourth-order valence-corrected chi connectivity index (χ4v) is 3.68. The molecule has 1 N–H and O–H groups in total. The molecular formula is C22H23N3O3. The average molecular weight is 377 g/mol.